The predicted octanol–water partition coefficient (Wildman–Crippen LogP) is 4.20. The molecule has 0 saturated carbocycles. The molecule has 0 spiro atoms. The van der Waals surface area contributed by atoms with E-state index in [0.717, 1.165) is 54.3 Å². The molecule has 0 aliphatic heterocycles. The second kappa shape index (κ2) is 7.74. The summed E-state index contributed by atoms with van der Waals surface area (Å²) in [6, 6.07) is 4.89. The van der Waals surface area contributed by atoms with Crippen molar-refractivity contribution in [1.82, 2.24) is 0 Å². The van der Waals surface area contributed by atoms with E-state index in [1.54, 1.807) is 0 Å². The first-order valence-electron chi connectivity index (χ1n) is 8.63. The number of amides is 1. The van der Waals surface area contributed by atoms with Crippen LogP contribution in [0.1, 0.15) is 46.1 Å². The van der Waals surface area contributed by atoms with Crippen molar-refractivity contribution in [2.45, 2.75) is 32.6 Å². The van der Waals surface area contributed by atoms with E-state index in [4.69, 9.17) is 0 Å². The Morgan fingerprint density at radius 3 is 2.46 bits per heavy atom. The van der Waals surface area contributed by atoms with Crippen molar-refractivity contribution in [3.63, 3.8) is 0 Å². The number of carbonyl (C=O) groups is 1. The first-order chi connectivity index (χ1) is 13.3. The van der Waals surface area contributed by atoms with Gasteiger partial charge in [-0.3, -0.25) is 25.0 Å². The Morgan fingerprint density at radius 2 is 1.93 bits per heavy atom. The molecule has 28 heavy (non-hydrogen) atoms. The van der Waals surface area contributed by atoms with E-state index < -0.39 is 27.1 Å². The SMILES string of the molecule is CCC1CCc2c(sc(NC(=O)c3cc([N+](=O)[O-])cc([N+](=O)[O-])c3)c2C#N)C1. The van der Waals surface area contributed by atoms with Crippen molar-refractivity contribution in [3.8, 4) is 6.07 Å². The van der Waals surface area contributed by atoms with Crippen LogP contribution in [0.25, 0.3) is 0 Å². The summed E-state index contributed by atoms with van der Waals surface area (Å²) in [5, 5.41) is 34.5. The normalized spacial score (nSPS) is 15.4. The monoisotopic (exact) mass is 400 g/mol. The van der Waals surface area contributed by atoms with Crippen LogP contribution >= 0.6 is 11.3 Å². The molecule has 1 atom stereocenters. The molecular formula is C18H16N4O5S. The maximum absolute atomic E-state index is 12.6. The third-order valence-corrected chi connectivity index (χ3v) is 6.04. The van der Waals surface area contributed by atoms with Gasteiger partial charge in [0.15, 0.2) is 0 Å². The molecule has 1 amide bonds. The molecule has 1 aromatic carbocycles. The number of nitro groups is 2. The van der Waals surface area contributed by atoms with Crippen LogP contribution < -0.4 is 5.32 Å². The quantitative estimate of drug-likeness (QED) is 0.589. The van der Waals surface area contributed by atoms with Crippen LogP contribution in [0.2, 0.25) is 0 Å². The van der Waals surface area contributed by atoms with Crippen LogP contribution in [-0.2, 0) is 12.8 Å². The predicted molar refractivity (Wildman–Crippen MR) is 103 cm³/mol. The molecule has 144 valence electrons. The lowest BCUT2D eigenvalue weighted by atomic mass is 9.86. The number of rotatable bonds is 5. The topological polar surface area (TPSA) is 139 Å². The maximum Gasteiger partial charge on any atom is 0.277 e. The van der Waals surface area contributed by atoms with E-state index in [1.807, 2.05) is 0 Å². The van der Waals surface area contributed by atoms with Crippen LogP contribution in [0, 0.1) is 37.5 Å². The summed E-state index contributed by atoms with van der Waals surface area (Å²) in [5.41, 5.74) is 0.0511. The number of nitriles is 1. The molecule has 0 radical (unpaired) electrons. The average Bonchev–Trinajstić information content (AvgIpc) is 3.03. The van der Waals surface area contributed by atoms with Crippen molar-refractivity contribution in [2.75, 3.05) is 5.32 Å². The van der Waals surface area contributed by atoms with Crippen molar-refractivity contribution < 1.29 is 14.6 Å². The van der Waals surface area contributed by atoms with E-state index in [0.29, 0.717) is 16.5 Å². The molecule has 1 N–H and O–H groups in total. The van der Waals surface area contributed by atoms with Gasteiger partial charge in [-0.2, -0.15) is 5.26 Å². The van der Waals surface area contributed by atoms with Crippen LogP contribution in [0.4, 0.5) is 16.4 Å². The molecule has 2 aromatic rings. The number of non-ortho nitro benzene ring substituents is 2. The van der Waals surface area contributed by atoms with E-state index >= 15 is 0 Å². The molecule has 3 rings (SSSR count). The van der Waals surface area contributed by atoms with Crippen LogP contribution in [0.3, 0.4) is 0 Å². The van der Waals surface area contributed by atoms with E-state index in [2.05, 4.69) is 18.3 Å². The molecule has 1 aliphatic rings. The molecular weight excluding hydrogens is 384 g/mol. The van der Waals surface area contributed by atoms with Crippen molar-refractivity contribution in [3.05, 3.63) is 60.0 Å². The standard InChI is InChI=1S/C18H16N4O5S/c1-2-10-3-4-14-15(9-19)18(28-16(14)5-10)20-17(23)11-6-12(21(24)25)8-13(7-11)22(26)27/h6-8,10H,2-5H2,1H3,(H,20,23). The zero-order chi connectivity index (χ0) is 20.4. The highest BCUT2D eigenvalue weighted by Crippen LogP contribution is 2.40. The summed E-state index contributed by atoms with van der Waals surface area (Å²) in [4.78, 5) is 34.1. The van der Waals surface area contributed by atoms with Gasteiger partial charge in [-0.05, 0) is 30.7 Å². The number of hydrogen-bond donors (Lipinski definition) is 1. The number of nitro benzene ring substituents is 2. The van der Waals surface area contributed by atoms with Gasteiger partial charge in [0.1, 0.15) is 11.1 Å². The molecule has 1 aliphatic carbocycles. The fourth-order valence-electron chi connectivity index (χ4n) is 3.32. The molecule has 10 heteroatoms. The Morgan fingerprint density at radius 1 is 1.29 bits per heavy atom. The third-order valence-electron chi connectivity index (χ3n) is 4.87. The van der Waals surface area contributed by atoms with Gasteiger partial charge in [0.2, 0.25) is 0 Å². The summed E-state index contributed by atoms with van der Waals surface area (Å²) < 4.78 is 0. The largest absolute Gasteiger partial charge is 0.312 e. The summed E-state index contributed by atoms with van der Waals surface area (Å²) in [6.45, 7) is 2.12. The van der Waals surface area contributed by atoms with Gasteiger partial charge in [0.05, 0.1) is 27.0 Å². The minimum Gasteiger partial charge on any atom is -0.312 e. The number of hydrogen-bond acceptors (Lipinski definition) is 7. The Bertz CT molecular complexity index is 991. The molecule has 1 heterocycles. The first kappa shape index (κ1) is 19.4. The van der Waals surface area contributed by atoms with Crippen molar-refractivity contribution in [2.24, 2.45) is 5.92 Å². The number of anilines is 1. The van der Waals surface area contributed by atoms with Gasteiger partial charge >= 0.3 is 0 Å². The van der Waals surface area contributed by atoms with E-state index in [9.17, 15) is 30.3 Å². The smallest absolute Gasteiger partial charge is 0.277 e. The van der Waals surface area contributed by atoms with Crippen molar-refractivity contribution >= 4 is 33.6 Å². The fraction of sp³-hybridized carbons (Fsp3) is 0.333. The number of fused-ring (bicyclic) bond motifs is 1. The van der Waals surface area contributed by atoms with Crippen LogP contribution in [0.15, 0.2) is 18.2 Å². The van der Waals surface area contributed by atoms with E-state index in [-0.39, 0.29) is 5.56 Å². The highest BCUT2D eigenvalue weighted by molar-refractivity contribution is 7.16. The lowest BCUT2D eigenvalue weighted by molar-refractivity contribution is -0.394. The van der Waals surface area contributed by atoms with E-state index in [1.165, 1.54) is 11.3 Å². The molecule has 1 unspecified atom stereocenters. The molecule has 0 bridgehead atoms. The third kappa shape index (κ3) is 3.70. The van der Waals surface area contributed by atoms with Gasteiger partial charge in [-0.25, -0.2) is 0 Å². The number of thiophene rings is 1. The van der Waals surface area contributed by atoms with Gasteiger partial charge in [0, 0.05) is 17.0 Å². The Hall–Kier alpha value is -3.32. The van der Waals surface area contributed by atoms with Gasteiger partial charge < -0.3 is 5.32 Å². The van der Waals surface area contributed by atoms with Crippen molar-refractivity contribution in [1.29, 1.82) is 5.26 Å². The highest BCUT2D eigenvalue weighted by Gasteiger charge is 2.27. The Kier molecular flexibility index (Phi) is 5.37. The maximum atomic E-state index is 12.6. The Balaban J connectivity index is 1.94. The number of nitrogens with zero attached hydrogens (tertiary/aromatic N) is 3. The number of nitrogens with one attached hydrogen (secondary N) is 1. The fourth-order valence-corrected chi connectivity index (χ4v) is 4.63. The number of carbonyl (C=O) groups excluding carboxylic acids is 1. The number of benzene rings is 1. The van der Waals surface area contributed by atoms with Gasteiger partial charge in [0.25, 0.3) is 17.3 Å². The molecule has 0 fully saturated rings. The van der Waals surface area contributed by atoms with Gasteiger partial charge in [-0.1, -0.05) is 13.3 Å². The highest BCUT2D eigenvalue weighted by atomic mass is 32.1. The summed E-state index contributed by atoms with van der Waals surface area (Å²) in [5.74, 6) is -0.186. The first-order valence-corrected chi connectivity index (χ1v) is 9.45. The van der Waals surface area contributed by atoms with Crippen LogP contribution in [-0.4, -0.2) is 15.8 Å². The summed E-state index contributed by atoms with van der Waals surface area (Å²) >= 11 is 1.33. The second-order valence-corrected chi connectivity index (χ2v) is 7.65. The minimum absolute atomic E-state index is 0.206. The lowest BCUT2D eigenvalue weighted by Gasteiger charge is -2.20. The average molecular weight is 400 g/mol. The minimum atomic E-state index is -0.792. The molecule has 9 nitrogen and oxygen atoms in total. The van der Waals surface area contributed by atoms with Crippen LogP contribution in [0.5, 0.6) is 0 Å². The zero-order valence-electron chi connectivity index (χ0n) is 14.9. The molecule has 1 aromatic heterocycles. The Labute approximate surface area is 163 Å². The lowest BCUT2D eigenvalue weighted by Crippen LogP contribution is -2.13. The second-order valence-electron chi connectivity index (χ2n) is 6.54. The summed E-state index contributed by atoms with van der Waals surface area (Å²) in [6.07, 6.45) is 3.65. The molecule has 0 saturated heterocycles. The zero-order valence-corrected chi connectivity index (χ0v) is 15.7. The van der Waals surface area contributed by atoms with Gasteiger partial charge in [-0.15, -0.1) is 11.3 Å². The summed E-state index contributed by atoms with van der Waals surface area (Å²) in [7, 11) is 0.